The zero-order valence-corrected chi connectivity index (χ0v) is 13.4. The smallest absolute Gasteiger partial charge is 0.232 e. The third-order valence-corrected chi connectivity index (χ3v) is 3.81. The summed E-state index contributed by atoms with van der Waals surface area (Å²) in [6, 6.07) is 4.38. The summed E-state index contributed by atoms with van der Waals surface area (Å²) in [4.78, 5) is 12.4. The molecule has 5 nitrogen and oxygen atoms in total. The predicted molar refractivity (Wildman–Crippen MR) is 85.0 cm³/mol. The lowest BCUT2D eigenvalue weighted by Gasteiger charge is -2.34. The van der Waals surface area contributed by atoms with Crippen LogP contribution in [0.3, 0.4) is 0 Å². The van der Waals surface area contributed by atoms with E-state index >= 15 is 0 Å². The van der Waals surface area contributed by atoms with Crippen molar-refractivity contribution in [3.05, 3.63) is 24.0 Å². The van der Waals surface area contributed by atoms with Crippen LogP contribution in [0.1, 0.15) is 19.8 Å². The molecule has 1 aliphatic heterocycles. The summed E-state index contributed by atoms with van der Waals surface area (Å²) in [6.07, 6.45) is 1.16. The molecule has 1 heterocycles. The highest BCUT2D eigenvalue weighted by atomic mass is 35.5. The maximum atomic E-state index is 13.8. The Hall–Kier alpha value is -1.37. The van der Waals surface area contributed by atoms with Gasteiger partial charge in [-0.05, 0) is 31.9 Å². The van der Waals surface area contributed by atoms with Crippen molar-refractivity contribution in [1.29, 1.82) is 0 Å². The lowest BCUT2D eigenvalue weighted by Crippen LogP contribution is -2.46. The third kappa shape index (κ3) is 4.09. The largest absolute Gasteiger partial charge is 0.491 e. The first-order valence-electron chi connectivity index (χ1n) is 7.13. The Labute approximate surface area is 135 Å². The molecular weight excluding hydrogens is 311 g/mol. The maximum absolute atomic E-state index is 13.8. The van der Waals surface area contributed by atoms with Gasteiger partial charge in [0.2, 0.25) is 5.91 Å². The van der Waals surface area contributed by atoms with Crippen molar-refractivity contribution in [2.45, 2.75) is 19.8 Å². The number of hydrogen-bond donors (Lipinski definition) is 2. The number of rotatable bonds is 5. The first-order chi connectivity index (χ1) is 10.1. The fourth-order valence-corrected chi connectivity index (χ4v) is 2.40. The first kappa shape index (κ1) is 18.7. The second-order valence-electron chi connectivity index (χ2n) is 5.13. The van der Waals surface area contributed by atoms with Gasteiger partial charge in [0.15, 0.2) is 11.6 Å². The SMILES string of the molecule is CCOc1ccc(NC(=O)C2(CN)CCOCC2)cc1F.Cl. The van der Waals surface area contributed by atoms with Crippen LogP contribution in [0.15, 0.2) is 18.2 Å². The number of benzene rings is 1. The van der Waals surface area contributed by atoms with Crippen molar-refractivity contribution >= 4 is 24.0 Å². The molecule has 2 rings (SSSR count). The zero-order chi connectivity index (χ0) is 15.3. The quantitative estimate of drug-likeness (QED) is 0.868. The molecule has 1 aromatic rings. The van der Waals surface area contributed by atoms with Gasteiger partial charge in [-0.3, -0.25) is 4.79 Å². The second kappa shape index (κ2) is 8.31. The molecule has 0 aliphatic carbocycles. The van der Waals surface area contributed by atoms with Crippen LogP contribution in [0.4, 0.5) is 10.1 Å². The standard InChI is InChI=1S/C15H21FN2O3.ClH/c1-2-21-13-4-3-11(9-12(13)16)18-14(19)15(10-17)5-7-20-8-6-15;/h3-4,9H,2,5-8,10,17H2,1H3,(H,18,19);1H. The molecule has 0 saturated carbocycles. The first-order valence-corrected chi connectivity index (χ1v) is 7.13. The summed E-state index contributed by atoms with van der Waals surface area (Å²) in [5, 5.41) is 2.74. The van der Waals surface area contributed by atoms with Crippen LogP contribution in [-0.2, 0) is 9.53 Å². The Morgan fingerprint density at radius 3 is 2.68 bits per heavy atom. The van der Waals surface area contributed by atoms with Crippen LogP contribution in [0.2, 0.25) is 0 Å². The summed E-state index contributed by atoms with van der Waals surface area (Å²) in [5.41, 5.74) is 5.55. The highest BCUT2D eigenvalue weighted by Crippen LogP contribution is 2.31. The van der Waals surface area contributed by atoms with E-state index in [1.807, 2.05) is 0 Å². The van der Waals surface area contributed by atoms with Crippen molar-refractivity contribution in [1.82, 2.24) is 0 Å². The molecule has 1 saturated heterocycles. The molecule has 0 aromatic heterocycles. The van der Waals surface area contributed by atoms with Gasteiger partial charge in [0.1, 0.15) is 0 Å². The second-order valence-corrected chi connectivity index (χ2v) is 5.13. The van der Waals surface area contributed by atoms with E-state index in [4.69, 9.17) is 15.2 Å². The van der Waals surface area contributed by atoms with Gasteiger partial charge in [0, 0.05) is 31.5 Å². The summed E-state index contributed by atoms with van der Waals surface area (Å²) >= 11 is 0. The van der Waals surface area contributed by atoms with Gasteiger partial charge in [-0.25, -0.2) is 4.39 Å². The molecule has 0 bridgehead atoms. The summed E-state index contributed by atoms with van der Waals surface area (Å²) < 4.78 is 24.2. The number of nitrogens with two attached hydrogens (primary N) is 1. The molecule has 0 spiro atoms. The van der Waals surface area contributed by atoms with E-state index in [9.17, 15) is 9.18 Å². The Balaban J connectivity index is 0.00000242. The van der Waals surface area contributed by atoms with Crippen LogP contribution in [0, 0.1) is 11.2 Å². The van der Waals surface area contributed by atoms with E-state index in [1.54, 1.807) is 13.0 Å². The summed E-state index contributed by atoms with van der Waals surface area (Å²) in [5.74, 6) is -0.504. The number of nitrogens with one attached hydrogen (secondary N) is 1. The fraction of sp³-hybridized carbons (Fsp3) is 0.533. The minimum Gasteiger partial charge on any atom is -0.491 e. The molecule has 0 atom stereocenters. The Morgan fingerprint density at radius 1 is 1.45 bits per heavy atom. The van der Waals surface area contributed by atoms with Crippen LogP contribution in [0.5, 0.6) is 5.75 Å². The fourth-order valence-electron chi connectivity index (χ4n) is 2.40. The molecule has 0 radical (unpaired) electrons. The number of halogens is 2. The molecule has 1 fully saturated rings. The van der Waals surface area contributed by atoms with E-state index in [-0.39, 0.29) is 30.6 Å². The molecular formula is C15H22ClFN2O3. The Morgan fingerprint density at radius 2 is 2.14 bits per heavy atom. The number of amides is 1. The lowest BCUT2D eigenvalue weighted by molar-refractivity contribution is -0.130. The van der Waals surface area contributed by atoms with E-state index < -0.39 is 11.2 Å². The maximum Gasteiger partial charge on any atom is 0.232 e. The highest BCUT2D eigenvalue weighted by Gasteiger charge is 2.38. The lowest BCUT2D eigenvalue weighted by atomic mass is 9.79. The number of ether oxygens (including phenoxy) is 2. The Kier molecular flexibility index (Phi) is 7.06. The topological polar surface area (TPSA) is 73.6 Å². The van der Waals surface area contributed by atoms with Gasteiger partial charge >= 0.3 is 0 Å². The number of carbonyl (C=O) groups is 1. The number of carbonyl (C=O) groups excluding carboxylic acids is 1. The van der Waals surface area contributed by atoms with E-state index in [1.165, 1.54) is 12.1 Å². The average molecular weight is 333 g/mol. The van der Waals surface area contributed by atoms with Gasteiger partial charge in [-0.2, -0.15) is 0 Å². The van der Waals surface area contributed by atoms with Gasteiger partial charge in [-0.1, -0.05) is 0 Å². The Bertz CT molecular complexity index is 508. The van der Waals surface area contributed by atoms with Crippen LogP contribution in [-0.4, -0.2) is 32.3 Å². The third-order valence-electron chi connectivity index (χ3n) is 3.81. The van der Waals surface area contributed by atoms with Gasteiger partial charge < -0.3 is 20.5 Å². The van der Waals surface area contributed by atoms with Gasteiger partial charge in [0.05, 0.1) is 12.0 Å². The van der Waals surface area contributed by atoms with Crippen LogP contribution < -0.4 is 15.8 Å². The van der Waals surface area contributed by atoms with Crippen molar-refractivity contribution in [2.24, 2.45) is 11.1 Å². The van der Waals surface area contributed by atoms with Gasteiger partial charge in [0.25, 0.3) is 0 Å². The number of anilines is 1. The molecule has 1 aliphatic rings. The van der Waals surface area contributed by atoms with Crippen molar-refractivity contribution in [3.63, 3.8) is 0 Å². The van der Waals surface area contributed by atoms with Crippen LogP contribution >= 0.6 is 12.4 Å². The van der Waals surface area contributed by atoms with Crippen molar-refractivity contribution < 1.29 is 18.7 Å². The molecule has 1 aromatic carbocycles. The molecule has 3 N–H and O–H groups in total. The van der Waals surface area contributed by atoms with E-state index in [2.05, 4.69) is 5.32 Å². The minimum absolute atomic E-state index is 0. The average Bonchev–Trinajstić information content (AvgIpc) is 2.50. The molecule has 124 valence electrons. The summed E-state index contributed by atoms with van der Waals surface area (Å²) in [7, 11) is 0. The van der Waals surface area contributed by atoms with E-state index in [0.29, 0.717) is 38.3 Å². The van der Waals surface area contributed by atoms with E-state index in [0.717, 1.165) is 0 Å². The number of hydrogen-bond acceptors (Lipinski definition) is 4. The highest BCUT2D eigenvalue weighted by molar-refractivity contribution is 5.95. The molecule has 22 heavy (non-hydrogen) atoms. The minimum atomic E-state index is -0.632. The van der Waals surface area contributed by atoms with Crippen LogP contribution in [0.25, 0.3) is 0 Å². The van der Waals surface area contributed by atoms with Crippen molar-refractivity contribution in [3.8, 4) is 5.75 Å². The zero-order valence-electron chi connectivity index (χ0n) is 12.6. The van der Waals surface area contributed by atoms with Crippen molar-refractivity contribution in [2.75, 3.05) is 31.7 Å². The normalized spacial score (nSPS) is 16.5. The summed E-state index contributed by atoms with van der Waals surface area (Å²) in [6.45, 7) is 3.45. The molecule has 1 amide bonds. The van der Waals surface area contributed by atoms with Gasteiger partial charge in [-0.15, -0.1) is 12.4 Å². The molecule has 0 unspecified atom stereocenters. The molecule has 7 heteroatoms. The monoisotopic (exact) mass is 332 g/mol. The predicted octanol–water partition coefficient (Wildman–Crippen LogP) is 2.34.